The first-order valence-corrected chi connectivity index (χ1v) is 9.18. The fourth-order valence-corrected chi connectivity index (χ4v) is 3.71. The number of hydrogen-bond donors (Lipinski definition) is 0. The molecule has 0 spiro atoms. The van der Waals surface area contributed by atoms with E-state index in [9.17, 15) is 4.79 Å². The lowest BCUT2D eigenvalue weighted by Gasteiger charge is -2.15. The van der Waals surface area contributed by atoms with Crippen LogP contribution in [0.1, 0.15) is 24.1 Å². The summed E-state index contributed by atoms with van der Waals surface area (Å²) in [4.78, 5) is 17.6. The summed E-state index contributed by atoms with van der Waals surface area (Å²) in [6, 6.07) is 20.0. The standard InChI is InChI=1S/C23H19NO3/c25-22(13-19-8-6-17(14-24-19)16-4-2-1-3-5-16)23(10-11-23)18-7-9-20-21(12-18)27-15-26-20/h1-9,12,14H,10-11,13,15H2. The van der Waals surface area contributed by atoms with E-state index in [2.05, 4.69) is 17.1 Å². The van der Waals surface area contributed by atoms with Crippen LogP contribution in [0.2, 0.25) is 0 Å². The van der Waals surface area contributed by atoms with Crippen LogP contribution < -0.4 is 9.47 Å². The highest BCUT2D eigenvalue weighted by Gasteiger charge is 2.50. The average molecular weight is 357 g/mol. The number of Topliss-reactive ketones (excluding diaryl/α,β-unsaturated/α-hetero) is 1. The number of ketones is 1. The van der Waals surface area contributed by atoms with Crippen LogP contribution in [0.3, 0.4) is 0 Å². The summed E-state index contributed by atoms with van der Waals surface area (Å²) >= 11 is 0. The molecule has 0 unspecified atom stereocenters. The Morgan fingerprint density at radius 3 is 2.48 bits per heavy atom. The summed E-state index contributed by atoms with van der Waals surface area (Å²) < 4.78 is 10.8. The van der Waals surface area contributed by atoms with Gasteiger partial charge in [0.15, 0.2) is 11.5 Å². The van der Waals surface area contributed by atoms with Gasteiger partial charge in [0.2, 0.25) is 6.79 Å². The number of aromatic nitrogens is 1. The first-order valence-electron chi connectivity index (χ1n) is 9.18. The fourth-order valence-electron chi connectivity index (χ4n) is 3.71. The molecule has 0 bridgehead atoms. The fraction of sp³-hybridized carbons (Fsp3) is 0.217. The van der Waals surface area contributed by atoms with E-state index in [0.717, 1.165) is 46.7 Å². The van der Waals surface area contributed by atoms with Crippen molar-refractivity contribution in [2.45, 2.75) is 24.7 Å². The van der Waals surface area contributed by atoms with Gasteiger partial charge in [-0.05, 0) is 42.2 Å². The third-order valence-electron chi connectivity index (χ3n) is 5.48. The molecule has 0 amide bonds. The Balaban J connectivity index is 1.34. The summed E-state index contributed by atoms with van der Waals surface area (Å²) in [5.74, 6) is 1.71. The molecule has 1 saturated carbocycles. The van der Waals surface area contributed by atoms with E-state index < -0.39 is 0 Å². The van der Waals surface area contributed by atoms with Crippen molar-refractivity contribution in [1.29, 1.82) is 0 Å². The van der Waals surface area contributed by atoms with Gasteiger partial charge in [0.05, 0.1) is 5.41 Å². The molecule has 4 nitrogen and oxygen atoms in total. The monoisotopic (exact) mass is 357 g/mol. The molecule has 3 aromatic rings. The largest absolute Gasteiger partial charge is 0.454 e. The maximum absolute atomic E-state index is 13.0. The van der Waals surface area contributed by atoms with Gasteiger partial charge in [-0.25, -0.2) is 0 Å². The molecule has 1 fully saturated rings. The molecule has 1 aliphatic heterocycles. The van der Waals surface area contributed by atoms with E-state index >= 15 is 0 Å². The molecular formula is C23H19NO3. The van der Waals surface area contributed by atoms with Gasteiger partial charge >= 0.3 is 0 Å². The lowest BCUT2D eigenvalue weighted by molar-refractivity contribution is -0.120. The minimum Gasteiger partial charge on any atom is -0.454 e. The predicted octanol–water partition coefficient (Wildman–Crippen LogP) is 4.32. The molecule has 27 heavy (non-hydrogen) atoms. The first-order chi connectivity index (χ1) is 13.2. The van der Waals surface area contributed by atoms with E-state index in [1.807, 2.05) is 54.7 Å². The van der Waals surface area contributed by atoms with E-state index in [-0.39, 0.29) is 18.0 Å². The van der Waals surface area contributed by atoms with E-state index in [1.165, 1.54) is 0 Å². The van der Waals surface area contributed by atoms with Crippen molar-refractivity contribution in [1.82, 2.24) is 4.98 Å². The smallest absolute Gasteiger partial charge is 0.231 e. The van der Waals surface area contributed by atoms with Crippen molar-refractivity contribution in [3.8, 4) is 22.6 Å². The number of rotatable bonds is 5. The second kappa shape index (κ2) is 6.23. The van der Waals surface area contributed by atoms with Crippen molar-refractivity contribution in [3.63, 3.8) is 0 Å². The van der Waals surface area contributed by atoms with Gasteiger partial charge < -0.3 is 9.47 Å². The number of benzene rings is 2. The van der Waals surface area contributed by atoms with Crippen LogP contribution >= 0.6 is 0 Å². The molecular weight excluding hydrogens is 338 g/mol. The molecule has 134 valence electrons. The maximum Gasteiger partial charge on any atom is 0.231 e. The summed E-state index contributed by atoms with van der Waals surface area (Å²) in [5, 5.41) is 0. The van der Waals surface area contributed by atoms with Crippen LogP contribution in [0.5, 0.6) is 11.5 Å². The van der Waals surface area contributed by atoms with Crippen molar-refractivity contribution in [2.75, 3.05) is 6.79 Å². The number of pyridine rings is 1. The average Bonchev–Trinajstić information content (AvgIpc) is 3.40. The predicted molar refractivity (Wildman–Crippen MR) is 102 cm³/mol. The molecule has 0 saturated heterocycles. The van der Waals surface area contributed by atoms with Crippen LogP contribution in [0, 0.1) is 0 Å². The zero-order valence-corrected chi connectivity index (χ0v) is 14.9. The summed E-state index contributed by atoms with van der Waals surface area (Å²) in [5.41, 5.74) is 3.63. The third-order valence-corrected chi connectivity index (χ3v) is 5.48. The zero-order valence-electron chi connectivity index (χ0n) is 14.9. The minimum absolute atomic E-state index is 0.223. The molecule has 0 radical (unpaired) electrons. The van der Waals surface area contributed by atoms with Crippen LogP contribution in [0.25, 0.3) is 11.1 Å². The van der Waals surface area contributed by atoms with Gasteiger partial charge in [-0.2, -0.15) is 0 Å². The quantitative estimate of drug-likeness (QED) is 0.682. The Bertz CT molecular complexity index is 992. The molecule has 1 aromatic heterocycles. The summed E-state index contributed by atoms with van der Waals surface area (Å²) in [7, 11) is 0. The molecule has 4 heteroatoms. The van der Waals surface area contributed by atoms with E-state index in [0.29, 0.717) is 6.42 Å². The molecule has 2 heterocycles. The van der Waals surface area contributed by atoms with Crippen molar-refractivity contribution in [2.24, 2.45) is 0 Å². The Labute approximate surface area is 157 Å². The van der Waals surface area contributed by atoms with Gasteiger partial charge in [0.1, 0.15) is 5.78 Å². The van der Waals surface area contributed by atoms with E-state index in [4.69, 9.17) is 9.47 Å². The minimum atomic E-state index is -0.388. The van der Waals surface area contributed by atoms with Gasteiger partial charge in [-0.1, -0.05) is 42.5 Å². The molecule has 5 rings (SSSR count). The number of carbonyl (C=O) groups excluding carboxylic acids is 1. The molecule has 2 aromatic carbocycles. The van der Waals surface area contributed by atoms with Crippen LogP contribution in [0.4, 0.5) is 0 Å². The number of hydrogen-bond acceptors (Lipinski definition) is 4. The molecule has 2 aliphatic rings. The lowest BCUT2D eigenvalue weighted by Crippen LogP contribution is -2.22. The Hall–Kier alpha value is -3.14. The number of nitrogens with zero attached hydrogens (tertiary/aromatic N) is 1. The van der Waals surface area contributed by atoms with Crippen molar-refractivity contribution < 1.29 is 14.3 Å². The number of carbonyl (C=O) groups is 1. The van der Waals surface area contributed by atoms with E-state index in [1.54, 1.807) is 0 Å². The third kappa shape index (κ3) is 2.87. The highest BCUT2D eigenvalue weighted by molar-refractivity contribution is 5.94. The normalized spacial score (nSPS) is 16.1. The molecule has 1 aliphatic carbocycles. The topological polar surface area (TPSA) is 48.4 Å². The second-order valence-corrected chi connectivity index (χ2v) is 7.15. The zero-order chi connectivity index (χ0) is 18.3. The van der Waals surface area contributed by atoms with Crippen LogP contribution in [0.15, 0.2) is 66.9 Å². The summed E-state index contributed by atoms with van der Waals surface area (Å²) in [6.45, 7) is 0.247. The molecule has 0 N–H and O–H groups in total. The Morgan fingerprint density at radius 1 is 0.926 bits per heavy atom. The van der Waals surface area contributed by atoms with Gasteiger partial charge in [0, 0.05) is 23.9 Å². The first kappa shape index (κ1) is 16.1. The molecule has 0 atom stereocenters. The Kier molecular flexibility index (Phi) is 3.71. The van der Waals surface area contributed by atoms with Crippen molar-refractivity contribution >= 4 is 5.78 Å². The number of ether oxygens (including phenoxy) is 2. The Morgan fingerprint density at radius 2 is 1.74 bits per heavy atom. The maximum atomic E-state index is 13.0. The SMILES string of the molecule is O=C(Cc1ccc(-c2ccccc2)cn1)C1(c2ccc3c(c2)OCO3)CC1. The summed E-state index contributed by atoms with van der Waals surface area (Å²) in [6.07, 6.45) is 3.96. The lowest BCUT2D eigenvalue weighted by atomic mass is 9.88. The number of fused-ring (bicyclic) bond motifs is 1. The van der Waals surface area contributed by atoms with Gasteiger partial charge in [0.25, 0.3) is 0 Å². The highest BCUT2D eigenvalue weighted by atomic mass is 16.7. The van der Waals surface area contributed by atoms with Crippen LogP contribution in [-0.2, 0) is 16.6 Å². The second-order valence-electron chi connectivity index (χ2n) is 7.15. The van der Waals surface area contributed by atoms with Gasteiger partial charge in [-0.3, -0.25) is 9.78 Å². The van der Waals surface area contributed by atoms with Gasteiger partial charge in [-0.15, -0.1) is 0 Å². The highest BCUT2D eigenvalue weighted by Crippen LogP contribution is 2.51. The van der Waals surface area contributed by atoms with Crippen molar-refractivity contribution in [3.05, 3.63) is 78.1 Å². The van der Waals surface area contributed by atoms with Crippen LogP contribution in [-0.4, -0.2) is 17.6 Å².